The fourth-order valence-corrected chi connectivity index (χ4v) is 7.31. The standard InChI is InChI=1S/C39H50ClN3O6/c1-5-21-48-29-15-16-33-30(23-29)32(44)24-34(49-33)35(45)42-31(22-26-11-13-28(40)14-12-26)36(46)43-19-17-39(18-20-43,27-9-7-6-8-10-27)37(47)41-25-38(2,3)4/h11-16,23-24,27,31H,5-10,17-22,25H2,1-4H3,(H,41,47)(H,42,45)/t31-/m1/s1. The van der Waals surface area contributed by atoms with Crippen molar-refractivity contribution in [3.05, 3.63) is 75.1 Å². The van der Waals surface area contributed by atoms with Crippen molar-refractivity contribution in [3.63, 3.8) is 0 Å². The van der Waals surface area contributed by atoms with Gasteiger partial charge in [0.05, 0.1) is 17.4 Å². The minimum Gasteiger partial charge on any atom is -0.494 e. The SMILES string of the molecule is CCCOc1ccc2oc(C(=O)N[C@H](Cc3ccc(Cl)cc3)C(=O)N3CCC(C(=O)NCC(C)(C)C)(C4CCCCC4)CC3)cc(=O)c2c1. The maximum Gasteiger partial charge on any atom is 0.287 e. The molecule has 2 aliphatic rings. The molecule has 3 amide bonds. The van der Waals surface area contributed by atoms with Crippen LogP contribution < -0.4 is 20.8 Å². The van der Waals surface area contributed by atoms with Crippen molar-refractivity contribution >= 4 is 40.3 Å². The minimum atomic E-state index is -0.934. The average Bonchev–Trinajstić information content (AvgIpc) is 3.10. The third-order valence-electron chi connectivity index (χ3n) is 9.94. The van der Waals surface area contributed by atoms with Gasteiger partial charge in [-0.05, 0) is 79.3 Å². The molecule has 2 aromatic carbocycles. The van der Waals surface area contributed by atoms with Crippen molar-refractivity contribution in [3.8, 4) is 5.75 Å². The first-order chi connectivity index (χ1) is 23.4. The molecule has 0 bridgehead atoms. The Balaban J connectivity index is 1.36. The molecule has 10 heteroatoms. The first kappa shape index (κ1) is 36.4. The maximum absolute atomic E-state index is 14.2. The number of benzene rings is 2. The fraction of sp³-hybridized carbons (Fsp3) is 0.538. The van der Waals surface area contributed by atoms with Crippen LogP contribution in [0.5, 0.6) is 5.75 Å². The van der Waals surface area contributed by atoms with Crippen LogP contribution in [0.1, 0.15) is 95.2 Å². The number of piperidine rings is 1. The van der Waals surface area contributed by atoms with Crippen LogP contribution in [0.25, 0.3) is 11.0 Å². The molecule has 5 rings (SSSR count). The molecule has 2 N–H and O–H groups in total. The van der Waals surface area contributed by atoms with Crippen molar-refractivity contribution in [2.45, 2.75) is 91.5 Å². The van der Waals surface area contributed by atoms with Crippen LogP contribution >= 0.6 is 11.6 Å². The molecule has 3 aromatic rings. The minimum absolute atomic E-state index is 0.0383. The van der Waals surface area contributed by atoms with Crippen LogP contribution in [0.2, 0.25) is 5.02 Å². The molecule has 1 atom stereocenters. The van der Waals surface area contributed by atoms with Gasteiger partial charge in [0.25, 0.3) is 5.91 Å². The van der Waals surface area contributed by atoms with Gasteiger partial charge < -0.3 is 24.7 Å². The van der Waals surface area contributed by atoms with Crippen LogP contribution in [0.15, 0.2) is 57.7 Å². The van der Waals surface area contributed by atoms with Crippen molar-refractivity contribution in [1.82, 2.24) is 15.5 Å². The van der Waals surface area contributed by atoms with E-state index in [4.69, 9.17) is 20.8 Å². The molecule has 0 unspecified atom stereocenters. The van der Waals surface area contributed by atoms with Crippen molar-refractivity contribution in [2.24, 2.45) is 16.7 Å². The Morgan fingerprint density at radius 1 is 1.02 bits per heavy atom. The number of halogens is 1. The summed E-state index contributed by atoms with van der Waals surface area (Å²) in [4.78, 5) is 56.6. The fourth-order valence-electron chi connectivity index (χ4n) is 7.19. The van der Waals surface area contributed by atoms with E-state index in [0.29, 0.717) is 55.2 Å². The summed E-state index contributed by atoms with van der Waals surface area (Å²) in [6.45, 7) is 10.3. The monoisotopic (exact) mass is 691 g/mol. The molecule has 264 valence electrons. The molecule has 1 saturated heterocycles. The van der Waals surface area contributed by atoms with Gasteiger partial charge in [-0.15, -0.1) is 0 Å². The van der Waals surface area contributed by atoms with E-state index in [1.54, 1.807) is 35.2 Å². The number of rotatable bonds is 11. The summed E-state index contributed by atoms with van der Waals surface area (Å²) in [5.41, 5.74) is 0.129. The zero-order valence-corrected chi connectivity index (χ0v) is 30.0. The van der Waals surface area contributed by atoms with E-state index in [0.717, 1.165) is 43.7 Å². The summed E-state index contributed by atoms with van der Waals surface area (Å²) >= 11 is 6.13. The molecule has 0 spiro atoms. The van der Waals surface area contributed by atoms with Gasteiger partial charge in [0, 0.05) is 37.1 Å². The summed E-state index contributed by atoms with van der Waals surface area (Å²) in [5.74, 6) is -0.146. The van der Waals surface area contributed by atoms with E-state index >= 15 is 0 Å². The normalized spacial score (nSPS) is 17.4. The summed E-state index contributed by atoms with van der Waals surface area (Å²) in [6.07, 6.45) is 7.67. The van der Waals surface area contributed by atoms with Gasteiger partial charge in [-0.1, -0.05) is 70.7 Å². The molecule has 2 heterocycles. The highest BCUT2D eigenvalue weighted by Crippen LogP contribution is 2.46. The van der Waals surface area contributed by atoms with Crippen LogP contribution in [-0.4, -0.2) is 54.9 Å². The van der Waals surface area contributed by atoms with Gasteiger partial charge in [0.2, 0.25) is 11.8 Å². The summed E-state index contributed by atoms with van der Waals surface area (Å²) < 4.78 is 11.5. The number of hydrogen-bond acceptors (Lipinski definition) is 6. The van der Waals surface area contributed by atoms with E-state index < -0.39 is 17.4 Å². The highest BCUT2D eigenvalue weighted by molar-refractivity contribution is 6.30. The van der Waals surface area contributed by atoms with E-state index in [2.05, 4.69) is 31.4 Å². The number of nitrogens with one attached hydrogen (secondary N) is 2. The molecule has 1 aliphatic heterocycles. The quantitative estimate of drug-likeness (QED) is 0.225. The van der Waals surface area contributed by atoms with Gasteiger partial charge in [0.1, 0.15) is 17.4 Å². The number of carbonyl (C=O) groups excluding carboxylic acids is 3. The number of nitrogens with zero attached hydrogens (tertiary/aromatic N) is 1. The van der Waals surface area contributed by atoms with Crippen molar-refractivity contribution in [1.29, 1.82) is 0 Å². The van der Waals surface area contributed by atoms with E-state index in [9.17, 15) is 19.2 Å². The average molecular weight is 692 g/mol. The van der Waals surface area contributed by atoms with E-state index in [1.165, 1.54) is 6.42 Å². The lowest BCUT2D eigenvalue weighted by Crippen LogP contribution is -2.57. The molecule has 9 nitrogen and oxygen atoms in total. The molecular formula is C39H50ClN3O6. The van der Waals surface area contributed by atoms with Crippen molar-refractivity contribution in [2.75, 3.05) is 26.2 Å². The van der Waals surface area contributed by atoms with Crippen LogP contribution in [0.3, 0.4) is 0 Å². The lowest BCUT2D eigenvalue weighted by molar-refractivity contribution is -0.146. The molecule has 1 aromatic heterocycles. The smallest absolute Gasteiger partial charge is 0.287 e. The second-order valence-electron chi connectivity index (χ2n) is 14.9. The lowest BCUT2D eigenvalue weighted by Gasteiger charge is -2.47. The van der Waals surface area contributed by atoms with Gasteiger partial charge in [-0.25, -0.2) is 0 Å². The Morgan fingerprint density at radius 3 is 2.37 bits per heavy atom. The predicted molar refractivity (Wildman–Crippen MR) is 192 cm³/mol. The summed E-state index contributed by atoms with van der Waals surface area (Å²) in [5, 5.41) is 7.00. The van der Waals surface area contributed by atoms with Crippen molar-refractivity contribution < 1.29 is 23.5 Å². The summed E-state index contributed by atoms with van der Waals surface area (Å²) in [6, 6.07) is 12.3. The molecule has 2 fully saturated rings. The second-order valence-corrected chi connectivity index (χ2v) is 15.3. The van der Waals surface area contributed by atoms with Crippen LogP contribution in [-0.2, 0) is 16.0 Å². The highest BCUT2D eigenvalue weighted by atomic mass is 35.5. The van der Waals surface area contributed by atoms with Crippen LogP contribution in [0.4, 0.5) is 0 Å². The van der Waals surface area contributed by atoms with E-state index in [-0.39, 0.29) is 46.3 Å². The Labute approximate surface area is 294 Å². The zero-order valence-electron chi connectivity index (χ0n) is 29.2. The van der Waals surface area contributed by atoms with Crippen LogP contribution in [0, 0.1) is 16.7 Å². The second kappa shape index (κ2) is 15.8. The molecule has 1 saturated carbocycles. The third-order valence-corrected chi connectivity index (χ3v) is 10.2. The summed E-state index contributed by atoms with van der Waals surface area (Å²) in [7, 11) is 0. The topological polar surface area (TPSA) is 118 Å². The third kappa shape index (κ3) is 9.04. The molecule has 49 heavy (non-hydrogen) atoms. The zero-order chi connectivity index (χ0) is 35.2. The number of ether oxygens (including phenoxy) is 1. The Kier molecular flexibility index (Phi) is 11.7. The molecular weight excluding hydrogens is 642 g/mol. The number of amides is 3. The largest absolute Gasteiger partial charge is 0.494 e. The Morgan fingerprint density at radius 2 is 1.71 bits per heavy atom. The van der Waals surface area contributed by atoms with Gasteiger partial charge in [-0.3, -0.25) is 19.2 Å². The number of fused-ring (bicyclic) bond motifs is 1. The molecule has 1 aliphatic carbocycles. The molecule has 0 radical (unpaired) electrons. The lowest BCUT2D eigenvalue weighted by atomic mass is 9.63. The Hall–Kier alpha value is -3.85. The Bertz CT molecular complexity index is 1680. The number of likely N-dealkylation sites (tertiary alicyclic amines) is 1. The van der Waals surface area contributed by atoms with Gasteiger partial charge in [0.15, 0.2) is 11.2 Å². The number of carbonyl (C=O) groups is 3. The van der Waals surface area contributed by atoms with Gasteiger partial charge >= 0.3 is 0 Å². The first-order valence-electron chi connectivity index (χ1n) is 17.7. The van der Waals surface area contributed by atoms with E-state index in [1.807, 2.05) is 19.1 Å². The highest BCUT2D eigenvalue weighted by Gasteiger charge is 2.48. The first-order valence-corrected chi connectivity index (χ1v) is 18.1. The van der Waals surface area contributed by atoms with Gasteiger partial charge in [-0.2, -0.15) is 0 Å². The number of hydrogen-bond donors (Lipinski definition) is 2. The predicted octanol–water partition coefficient (Wildman–Crippen LogP) is 6.93. The maximum atomic E-state index is 14.2.